The second-order valence-corrected chi connectivity index (χ2v) is 5.92. The van der Waals surface area contributed by atoms with Crippen LogP contribution in [0.2, 0.25) is 0 Å². The fourth-order valence-electron chi connectivity index (χ4n) is 2.42. The third-order valence-electron chi connectivity index (χ3n) is 3.72. The predicted molar refractivity (Wildman–Crippen MR) is 99.2 cm³/mol. The van der Waals surface area contributed by atoms with Gasteiger partial charge in [0.25, 0.3) is 0 Å². The molecule has 28 heavy (non-hydrogen) atoms. The van der Waals surface area contributed by atoms with Gasteiger partial charge in [0, 0.05) is 24.5 Å². The van der Waals surface area contributed by atoms with Gasteiger partial charge in [0.1, 0.15) is 12.3 Å². The molecular weight excluding hydrogens is 375 g/mol. The lowest BCUT2D eigenvalue weighted by Gasteiger charge is -2.18. The Kier molecular flexibility index (Phi) is 6.86. The first-order chi connectivity index (χ1) is 13.2. The van der Waals surface area contributed by atoms with E-state index in [4.69, 9.17) is 0 Å². The Balaban J connectivity index is 1.94. The Morgan fingerprint density at radius 1 is 1.07 bits per heavy atom. The topological polar surface area (TPSA) is 70.7 Å². The van der Waals surface area contributed by atoms with E-state index in [0.29, 0.717) is 5.69 Å². The van der Waals surface area contributed by atoms with Crippen molar-refractivity contribution in [3.63, 3.8) is 0 Å². The molecule has 0 aromatic heterocycles. The zero-order chi connectivity index (χ0) is 20.7. The lowest BCUT2D eigenvalue weighted by atomic mass is 10.1. The quantitative estimate of drug-likeness (QED) is 0.768. The molecule has 2 aromatic rings. The monoisotopic (exact) mass is 395 g/mol. The van der Waals surface area contributed by atoms with Crippen molar-refractivity contribution in [2.75, 3.05) is 24.2 Å². The number of carbonyl (C=O) groups is 2. The molecule has 0 spiro atoms. The van der Waals surface area contributed by atoms with E-state index in [9.17, 15) is 22.8 Å². The normalized spacial score (nSPS) is 10.9. The molecule has 0 bridgehead atoms. The van der Waals surface area contributed by atoms with E-state index in [0.717, 1.165) is 29.0 Å². The van der Waals surface area contributed by atoms with Crippen molar-refractivity contribution in [1.29, 1.82) is 0 Å². The summed E-state index contributed by atoms with van der Waals surface area (Å²) in [4.78, 5) is 25.5. The van der Waals surface area contributed by atoms with E-state index >= 15 is 0 Å². The molecule has 0 radical (unpaired) electrons. The number of likely N-dealkylation sites (N-methyl/N-ethyl adjacent to an activating group) is 1. The summed E-state index contributed by atoms with van der Waals surface area (Å²) in [6.45, 7) is 1.73. The van der Waals surface area contributed by atoms with Crippen LogP contribution in [-0.4, -0.2) is 36.8 Å². The number of nitrogens with zero attached hydrogens (tertiary/aromatic N) is 1. The molecule has 0 saturated carbocycles. The van der Waals surface area contributed by atoms with Crippen molar-refractivity contribution in [2.24, 2.45) is 0 Å². The van der Waals surface area contributed by atoms with Crippen LogP contribution in [0.4, 0.5) is 29.3 Å². The molecule has 0 unspecified atom stereocenters. The number of halogens is 3. The van der Waals surface area contributed by atoms with Crippen LogP contribution < -0.4 is 15.4 Å². The molecule has 0 saturated heterocycles. The van der Waals surface area contributed by atoms with Crippen molar-refractivity contribution in [2.45, 2.75) is 19.7 Å². The van der Waals surface area contributed by atoms with E-state index in [1.54, 1.807) is 12.1 Å². The van der Waals surface area contributed by atoms with E-state index in [-0.39, 0.29) is 12.2 Å². The van der Waals surface area contributed by atoms with Gasteiger partial charge >= 0.3 is 12.4 Å². The standard InChI is InChI=1S/C19H20F3N3O3/c1-3-13-7-4-5-10-16(13)24-17(26)12-25(2)18(27)23-14-8-6-9-15(11-14)28-19(20,21)22/h4-11H,3,12H2,1-2H3,(H,23,27)(H,24,26). The third kappa shape index (κ3) is 6.49. The van der Waals surface area contributed by atoms with Gasteiger partial charge in [-0.05, 0) is 30.2 Å². The lowest BCUT2D eigenvalue weighted by molar-refractivity contribution is -0.274. The van der Waals surface area contributed by atoms with E-state index in [2.05, 4.69) is 15.4 Å². The minimum atomic E-state index is -4.83. The number of hydrogen-bond donors (Lipinski definition) is 2. The number of anilines is 2. The fraction of sp³-hybridized carbons (Fsp3) is 0.263. The second kappa shape index (κ2) is 9.12. The van der Waals surface area contributed by atoms with Gasteiger partial charge in [0.05, 0.1) is 0 Å². The summed E-state index contributed by atoms with van der Waals surface area (Å²) in [6, 6.07) is 11.5. The van der Waals surface area contributed by atoms with Gasteiger partial charge in [-0.1, -0.05) is 31.2 Å². The number of ether oxygens (including phenoxy) is 1. The molecule has 0 atom stereocenters. The van der Waals surface area contributed by atoms with Gasteiger partial charge < -0.3 is 20.3 Å². The van der Waals surface area contributed by atoms with Crippen LogP contribution in [0.1, 0.15) is 12.5 Å². The molecule has 0 aliphatic heterocycles. The Bertz CT molecular complexity index is 840. The third-order valence-corrected chi connectivity index (χ3v) is 3.72. The zero-order valence-corrected chi connectivity index (χ0v) is 15.3. The molecule has 0 fully saturated rings. The van der Waals surface area contributed by atoms with Gasteiger partial charge in [-0.3, -0.25) is 4.79 Å². The number of urea groups is 1. The van der Waals surface area contributed by atoms with Crippen molar-refractivity contribution in [1.82, 2.24) is 4.90 Å². The van der Waals surface area contributed by atoms with Crippen LogP contribution in [0.15, 0.2) is 48.5 Å². The van der Waals surface area contributed by atoms with Gasteiger partial charge in [-0.15, -0.1) is 13.2 Å². The van der Waals surface area contributed by atoms with E-state index in [1.165, 1.54) is 19.2 Å². The highest BCUT2D eigenvalue weighted by Crippen LogP contribution is 2.25. The number of nitrogens with one attached hydrogen (secondary N) is 2. The number of alkyl halides is 3. The average molecular weight is 395 g/mol. The Labute approximate surface area is 160 Å². The molecule has 0 heterocycles. The number of rotatable bonds is 6. The van der Waals surface area contributed by atoms with E-state index in [1.807, 2.05) is 19.1 Å². The van der Waals surface area contributed by atoms with Crippen LogP contribution >= 0.6 is 0 Å². The van der Waals surface area contributed by atoms with Gasteiger partial charge in [0.2, 0.25) is 5.91 Å². The first kappa shape index (κ1) is 21.1. The predicted octanol–water partition coefficient (Wildman–Crippen LogP) is 4.25. The number of hydrogen-bond acceptors (Lipinski definition) is 3. The van der Waals surface area contributed by atoms with Crippen molar-refractivity contribution in [3.05, 3.63) is 54.1 Å². The molecule has 9 heteroatoms. The second-order valence-electron chi connectivity index (χ2n) is 5.92. The van der Waals surface area contributed by atoms with Crippen LogP contribution in [0.3, 0.4) is 0 Å². The minimum Gasteiger partial charge on any atom is -0.406 e. The van der Waals surface area contributed by atoms with Crippen molar-refractivity contribution >= 4 is 23.3 Å². The molecule has 2 N–H and O–H groups in total. The van der Waals surface area contributed by atoms with Gasteiger partial charge in [0.15, 0.2) is 0 Å². The van der Waals surface area contributed by atoms with Gasteiger partial charge in [-0.25, -0.2) is 4.79 Å². The molecule has 2 aromatic carbocycles. The number of amides is 3. The van der Waals surface area contributed by atoms with E-state index < -0.39 is 24.1 Å². The highest BCUT2D eigenvalue weighted by molar-refractivity contribution is 5.97. The smallest absolute Gasteiger partial charge is 0.406 e. The molecule has 0 aliphatic carbocycles. The molecule has 3 amide bonds. The number of para-hydroxylation sites is 1. The summed E-state index contributed by atoms with van der Waals surface area (Å²) in [5.74, 6) is -0.852. The maximum Gasteiger partial charge on any atom is 0.573 e. The van der Waals surface area contributed by atoms with Crippen LogP contribution in [0.25, 0.3) is 0 Å². The van der Waals surface area contributed by atoms with Gasteiger partial charge in [-0.2, -0.15) is 0 Å². The van der Waals surface area contributed by atoms with Crippen LogP contribution in [0.5, 0.6) is 5.75 Å². The summed E-state index contributed by atoms with van der Waals surface area (Å²) in [5.41, 5.74) is 1.74. The number of aryl methyl sites for hydroxylation is 1. The molecule has 6 nitrogen and oxygen atoms in total. The first-order valence-corrected chi connectivity index (χ1v) is 8.43. The average Bonchev–Trinajstić information content (AvgIpc) is 2.60. The molecular formula is C19H20F3N3O3. The fourth-order valence-corrected chi connectivity index (χ4v) is 2.42. The van der Waals surface area contributed by atoms with Crippen molar-refractivity contribution < 1.29 is 27.5 Å². The summed E-state index contributed by atoms with van der Waals surface area (Å²) >= 11 is 0. The van der Waals surface area contributed by atoms with Crippen molar-refractivity contribution in [3.8, 4) is 5.75 Å². The SMILES string of the molecule is CCc1ccccc1NC(=O)CN(C)C(=O)Nc1cccc(OC(F)(F)F)c1. The summed E-state index contributed by atoms with van der Waals surface area (Å²) in [6.07, 6.45) is -4.09. The molecule has 0 aliphatic rings. The number of benzene rings is 2. The Morgan fingerprint density at radius 2 is 1.79 bits per heavy atom. The summed E-state index contributed by atoms with van der Waals surface area (Å²) in [7, 11) is 1.40. The van der Waals surface area contributed by atoms with Crippen LogP contribution in [-0.2, 0) is 11.2 Å². The highest BCUT2D eigenvalue weighted by Gasteiger charge is 2.31. The Morgan fingerprint density at radius 3 is 2.46 bits per heavy atom. The van der Waals surface area contributed by atoms with Crippen LogP contribution in [0, 0.1) is 0 Å². The summed E-state index contributed by atoms with van der Waals surface area (Å²) in [5, 5.41) is 5.16. The lowest BCUT2D eigenvalue weighted by Crippen LogP contribution is -2.37. The Hall–Kier alpha value is -3.23. The molecule has 2 rings (SSSR count). The largest absolute Gasteiger partial charge is 0.573 e. The highest BCUT2D eigenvalue weighted by atomic mass is 19.4. The zero-order valence-electron chi connectivity index (χ0n) is 15.3. The number of carbonyl (C=O) groups excluding carboxylic acids is 2. The molecule has 150 valence electrons. The summed E-state index contributed by atoms with van der Waals surface area (Å²) < 4.78 is 40.6. The maximum atomic E-state index is 12.3. The maximum absolute atomic E-state index is 12.3. The first-order valence-electron chi connectivity index (χ1n) is 8.43. The minimum absolute atomic E-state index is 0.107.